The second kappa shape index (κ2) is 11.3. The number of hydrogen-bond acceptors (Lipinski definition) is 6. The van der Waals surface area contributed by atoms with E-state index in [4.69, 9.17) is 14.6 Å². The molecule has 0 aromatic carbocycles. The number of hydrogen-bond donors (Lipinski definition) is 2. The normalized spacial score (nSPS) is 23.1. The lowest BCUT2D eigenvalue weighted by molar-refractivity contribution is -0.153. The third-order valence-electron chi connectivity index (χ3n) is 6.40. The maximum Gasteiger partial charge on any atom is 0.308 e. The lowest BCUT2D eigenvalue weighted by atomic mass is 9.86. The molecule has 8 nitrogen and oxygen atoms in total. The van der Waals surface area contributed by atoms with Gasteiger partial charge in [0.05, 0.1) is 24.3 Å². The van der Waals surface area contributed by atoms with Crippen molar-refractivity contribution < 1.29 is 24.2 Å². The van der Waals surface area contributed by atoms with Crippen LogP contribution in [0.2, 0.25) is 0 Å². The van der Waals surface area contributed by atoms with Crippen LogP contribution in [0.5, 0.6) is 0 Å². The van der Waals surface area contributed by atoms with Gasteiger partial charge in [-0.25, -0.2) is 0 Å². The third-order valence-corrected chi connectivity index (χ3v) is 6.40. The zero-order chi connectivity index (χ0) is 23.1. The van der Waals surface area contributed by atoms with Crippen molar-refractivity contribution in [2.45, 2.75) is 84.8 Å². The first-order valence-electron chi connectivity index (χ1n) is 12.1. The standard InChI is InChI=1S/C24H39N3O5/c1-4-27-21-19(7-5-13-31-14-6-12-25-22(21)29)20(26-27)15-24(2,3)16-32-23(30)17-8-10-18(28)11-9-17/h17-18,28H,4-16H2,1-3H3,(H,25,29). The van der Waals surface area contributed by atoms with Crippen molar-refractivity contribution >= 4 is 11.9 Å². The van der Waals surface area contributed by atoms with Gasteiger partial charge in [0.15, 0.2) is 0 Å². The first-order chi connectivity index (χ1) is 15.3. The monoisotopic (exact) mass is 449 g/mol. The van der Waals surface area contributed by atoms with E-state index >= 15 is 0 Å². The molecule has 2 heterocycles. The number of amides is 1. The largest absolute Gasteiger partial charge is 0.465 e. The maximum absolute atomic E-state index is 12.9. The molecule has 0 bridgehead atoms. The molecule has 0 unspecified atom stereocenters. The van der Waals surface area contributed by atoms with Crippen LogP contribution in [-0.4, -0.2) is 59.2 Å². The molecule has 0 spiro atoms. The topological polar surface area (TPSA) is 103 Å². The molecule has 2 N–H and O–H groups in total. The molecule has 0 radical (unpaired) electrons. The molecule has 1 saturated carbocycles. The van der Waals surface area contributed by atoms with Gasteiger partial charge in [0.1, 0.15) is 5.69 Å². The van der Waals surface area contributed by atoms with Crippen LogP contribution in [0.1, 0.15) is 81.0 Å². The molecule has 0 saturated heterocycles. The molecule has 0 atom stereocenters. The number of carbonyl (C=O) groups is 2. The van der Waals surface area contributed by atoms with Crippen LogP contribution in [0, 0.1) is 11.3 Å². The fraction of sp³-hybridized carbons (Fsp3) is 0.792. The van der Waals surface area contributed by atoms with Crippen molar-refractivity contribution in [2.24, 2.45) is 11.3 Å². The fourth-order valence-electron chi connectivity index (χ4n) is 4.55. The Morgan fingerprint density at radius 2 is 1.97 bits per heavy atom. The SMILES string of the molecule is CCn1nc(CC(C)(C)COC(=O)C2CCC(O)CC2)c2c1C(=O)NCCCOCCC2. The molecule has 1 aliphatic carbocycles. The number of aromatic nitrogens is 2. The fourth-order valence-corrected chi connectivity index (χ4v) is 4.55. The first-order valence-corrected chi connectivity index (χ1v) is 12.1. The molecule has 3 rings (SSSR count). The minimum absolute atomic E-state index is 0.0776. The van der Waals surface area contributed by atoms with E-state index in [1.807, 2.05) is 6.92 Å². The Kier molecular flexibility index (Phi) is 8.71. The van der Waals surface area contributed by atoms with Crippen molar-refractivity contribution in [3.05, 3.63) is 17.0 Å². The number of nitrogens with one attached hydrogen (secondary N) is 1. The smallest absolute Gasteiger partial charge is 0.308 e. The molecule has 1 aromatic heterocycles. The molecule has 1 fully saturated rings. The molecule has 8 heteroatoms. The molecule has 2 aliphatic rings. The van der Waals surface area contributed by atoms with Crippen molar-refractivity contribution in [1.82, 2.24) is 15.1 Å². The number of aliphatic hydroxyl groups is 1. The van der Waals surface area contributed by atoms with Gasteiger partial charge < -0.3 is 19.9 Å². The minimum Gasteiger partial charge on any atom is -0.465 e. The van der Waals surface area contributed by atoms with E-state index < -0.39 is 0 Å². The summed E-state index contributed by atoms with van der Waals surface area (Å²) in [6, 6.07) is 0. The molecular formula is C24H39N3O5. The Morgan fingerprint density at radius 3 is 2.69 bits per heavy atom. The summed E-state index contributed by atoms with van der Waals surface area (Å²) in [6.07, 6.45) is 5.40. The average molecular weight is 450 g/mol. The van der Waals surface area contributed by atoms with Gasteiger partial charge in [0.25, 0.3) is 5.91 Å². The number of aliphatic hydroxyl groups excluding tert-OH is 1. The lowest BCUT2D eigenvalue weighted by Crippen LogP contribution is -2.30. The van der Waals surface area contributed by atoms with E-state index in [1.54, 1.807) is 4.68 Å². The van der Waals surface area contributed by atoms with E-state index in [0.29, 0.717) is 70.7 Å². The maximum atomic E-state index is 12.9. The number of rotatable bonds is 6. The van der Waals surface area contributed by atoms with E-state index in [0.717, 1.165) is 30.5 Å². The summed E-state index contributed by atoms with van der Waals surface area (Å²) in [5.41, 5.74) is 2.22. The van der Waals surface area contributed by atoms with Gasteiger partial charge in [0.2, 0.25) is 0 Å². The summed E-state index contributed by atoms with van der Waals surface area (Å²) < 4.78 is 13.2. The van der Waals surface area contributed by atoms with Gasteiger partial charge in [-0.15, -0.1) is 0 Å². The highest BCUT2D eigenvalue weighted by molar-refractivity contribution is 5.94. The molecule has 1 aromatic rings. The summed E-state index contributed by atoms with van der Waals surface area (Å²) >= 11 is 0. The minimum atomic E-state index is -0.316. The van der Waals surface area contributed by atoms with Gasteiger partial charge in [-0.1, -0.05) is 13.8 Å². The van der Waals surface area contributed by atoms with Gasteiger partial charge in [-0.3, -0.25) is 14.3 Å². The highest BCUT2D eigenvalue weighted by Crippen LogP contribution is 2.29. The Labute approximate surface area is 191 Å². The number of aryl methyl sites for hydroxylation is 1. The van der Waals surface area contributed by atoms with Crippen LogP contribution in [0.15, 0.2) is 0 Å². The predicted molar refractivity (Wildman–Crippen MR) is 120 cm³/mol. The zero-order valence-corrected chi connectivity index (χ0v) is 19.8. The molecule has 1 aliphatic heterocycles. The number of esters is 1. The first kappa shape index (κ1) is 24.7. The van der Waals surface area contributed by atoms with E-state index in [2.05, 4.69) is 19.2 Å². The number of nitrogens with zero attached hydrogens (tertiary/aromatic N) is 2. The van der Waals surface area contributed by atoms with Crippen LogP contribution in [0.3, 0.4) is 0 Å². The van der Waals surface area contributed by atoms with Crippen LogP contribution < -0.4 is 5.32 Å². The Morgan fingerprint density at radius 1 is 1.25 bits per heavy atom. The van der Waals surface area contributed by atoms with E-state index in [9.17, 15) is 14.7 Å². The zero-order valence-electron chi connectivity index (χ0n) is 19.8. The van der Waals surface area contributed by atoms with Gasteiger partial charge in [-0.05, 0) is 51.9 Å². The predicted octanol–water partition coefficient (Wildman–Crippen LogP) is 2.65. The molecule has 32 heavy (non-hydrogen) atoms. The third kappa shape index (κ3) is 6.54. The second-order valence-electron chi connectivity index (χ2n) is 9.87. The summed E-state index contributed by atoms with van der Waals surface area (Å²) in [5.74, 6) is -0.361. The number of fused-ring (bicyclic) bond motifs is 1. The Balaban J connectivity index is 1.70. The number of ether oxygens (including phenoxy) is 2. The summed E-state index contributed by atoms with van der Waals surface area (Å²) in [5, 5.41) is 17.4. The quantitative estimate of drug-likeness (QED) is 0.648. The van der Waals surface area contributed by atoms with Gasteiger partial charge >= 0.3 is 5.97 Å². The second-order valence-corrected chi connectivity index (χ2v) is 9.87. The average Bonchev–Trinajstić information content (AvgIpc) is 3.08. The highest BCUT2D eigenvalue weighted by atomic mass is 16.5. The van der Waals surface area contributed by atoms with Crippen molar-refractivity contribution in [3.63, 3.8) is 0 Å². The summed E-state index contributed by atoms with van der Waals surface area (Å²) in [4.78, 5) is 25.4. The molecular weight excluding hydrogens is 410 g/mol. The van der Waals surface area contributed by atoms with Crippen molar-refractivity contribution in [3.8, 4) is 0 Å². The summed E-state index contributed by atoms with van der Waals surface area (Å²) in [7, 11) is 0. The van der Waals surface area contributed by atoms with E-state index in [-0.39, 0.29) is 29.3 Å². The van der Waals surface area contributed by atoms with Gasteiger partial charge in [0, 0.05) is 43.7 Å². The van der Waals surface area contributed by atoms with Crippen LogP contribution in [0.4, 0.5) is 0 Å². The summed E-state index contributed by atoms with van der Waals surface area (Å²) in [6.45, 7) is 8.95. The van der Waals surface area contributed by atoms with Crippen molar-refractivity contribution in [2.75, 3.05) is 26.4 Å². The molecule has 180 valence electrons. The van der Waals surface area contributed by atoms with Crippen LogP contribution >= 0.6 is 0 Å². The van der Waals surface area contributed by atoms with E-state index in [1.165, 1.54) is 0 Å². The van der Waals surface area contributed by atoms with Gasteiger partial charge in [-0.2, -0.15) is 5.10 Å². The Hall–Kier alpha value is -1.93. The number of carbonyl (C=O) groups excluding carboxylic acids is 2. The van der Waals surface area contributed by atoms with Crippen LogP contribution in [0.25, 0.3) is 0 Å². The lowest BCUT2D eigenvalue weighted by Gasteiger charge is -2.27. The molecule has 1 amide bonds. The Bertz CT molecular complexity index is 781. The highest BCUT2D eigenvalue weighted by Gasteiger charge is 2.31. The van der Waals surface area contributed by atoms with Crippen LogP contribution in [-0.2, 0) is 33.7 Å². The van der Waals surface area contributed by atoms with Crippen molar-refractivity contribution in [1.29, 1.82) is 0 Å².